The Kier molecular flexibility index (Phi) is 5.01. The second-order valence-corrected chi connectivity index (χ2v) is 6.38. The molecule has 2 fully saturated rings. The van der Waals surface area contributed by atoms with Gasteiger partial charge in [-0.05, 0) is 38.3 Å². The third-order valence-electron chi connectivity index (χ3n) is 4.56. The van der Waals surface area contributed by atoms with Gasteiger partial charge in [0.25, 0.3) is 0 Å². The number of alkyl halides is 3. The molecule has 128 valence electrons. The summed E-state index contributed by atoms with van der Waals surface area (Å²) in [5.41, 5.74) is -0.818. The van der Waals surface area contributed by atoms with E-state index in [0.717, 1.165) is 57.5 Å². The summed E-state index contributed by atoms with van der Waals surface area (Å²) < 4.78 is 37.5. The third-order valence-corrected chi connectivity index (χ3v) is 4.56. The minimum atomic E-state index is -4.39. The first-order valence-corrected chi connectivity index (χ1v) is 8.09. The van der Waals surface area contributed by atoms with Crippen LogP contribution in [0.15, 0.2) is 12.4 Å². The van der Waals surface area contributed by atoms with Crippen LogP contribution in [0.2, 0.25) is 0 Å². The van der Waals surface area contributed by atoms with Crippen molar-refractivity contribution in [1.82, 2.24) is 20.2 Å². The molecule has 2 saturated heterocycles. The fourth-order valence-electron chi connectivity index (χ4n) is 3.28. The zero-order valence-electron chi connectivity index (χ0n) is 12.9. The largest absolute Gasteiger partial charge is 0.419 e. The van der Waals surface area contributed by atoms with Crippen molar-refractivity contribution in [3.8, 4) is 0 Å². The lowest BCUT2D eigenvalue weighted by molar-refractivity contribution is -0.138. The summed E-state index contributed by atoms with van der Waals surface area (Å²) in [5, 5.41) is 6.51. The van der Waals surface area contributed by atoms with Crippen molar-refractivity contribution < 1.29 is 13.2 Å². The first kappa shape index (κ1) is 16.4. The van der Waals surface area contributed by atoms with E-state index in [9.17, 15) is 13.2 Å². The zero-order chi connectivity index (χ0) is 16.3. The Hall–Kier alpha value is -1.41. The number of piperidine rings is 1. The summed E-state index contributed by atoms with van der Waals surface area (Å²) in [6.45, 7) is 5.21. The van der Waals surface area contributed by atoms with Crippen LogP contribution in [0.1, 0.15) is 24.8 Å². The van der Waals surface area contributed by atoms with E-state index in [4.69, 9.17) is 0 Å². The number of likely N-dealkylation sites (tertiary alicyclic amines) is 1. The maximum absolute atomic E-state index is 12.5. The molecular formula is C15H22F3N5. The van der Waals surface area contributed by atoms with Crippen LogP contribution >= 0.6 is 0 Å². The lowest BCUT2D eigenvalue weighted by Gasteiger charge is -2.27. The average molecular weight is 329 g/mol. The fourth-order valence-corrected chi connectivity index (χ4v) is 3.28. The van der Waals surface area contributed by atoms with Crippen molar-refractivity contribution in [2.24, 2.45) is 5.92 Å². The summed E-state index contributed by atoms with van der Waals surface area (Å²) in [4.78, 5) is 9.99. The molecule has 2 aliphatic heterocycles. The Morgan fingerprint density at radius 1 is 1.17 bits per heavy atom. The highest BCUT2D eigenvalue weighted by molar-refractivity contribution is 5.27. The first-order chi connectivity index (χ1) is 11.0. The van der Waals surface area contributed by atoms with Crippen LogP contribution in [0, 0.1) is 5.92 Å². The molecule has 2 N–H and O–H groups in total. The average Bonchev–Trinajstić information content (AvgIpc) is 2.95. The number of anilines is 1. The highest BCUT2D eigenvalue weighted by atomic mass is 19.4. The molecule has 0 aromatic carbocycles. The van der Waals surface area contributed by atoms with Gasteiger partial charge in [-0.1, -0.05) is 0 Å². The maximum atomic E-state index is 12.5. The summed E-state index contributed by atoms with van der Waals surface area (Å²) >= 11 is 0. The SMILES string of the molecule is FC(F)(F)c1cnc(N[C@@H]2CCN(CC3CCNCC3)C2)nc1. The molecule has 8 heteroatoms. The molecule has 0 saturated carbocycles. The topological polar surface area (TPSA) is 53.1 Å². The summed E-state index contributed by atoms with van der Waals surface area (Å²) in [7, 11) is 0. The van der Waals surface area contributed by atoms with Crippen LogP contribution in [0.5, 0.6) is 0 Å². The van der Waals surface area contributed by atoms with E-state index in [1.54, 1.807) is 0 Å². The van der Waals surface area contributed by atoms with Crippen molar-refractivity contribution in [2.45, 2.75) is 31.5 Å². The molecule has 0 aliphatic carbocycles. The molecule has 0 bridgehead atoms. The van der Waals surface area contributed by atoms with Crippen molar-refractivity contribution in [3.63, 3.8) is 0 Å². The van der Waals surface area contributed by atoms with E-state index in [1.807, 2.05) is 0 Å². The number of halogens is 3. The van der Waals surface area contributed by atoms with Crippen molar-refractivity contribution in [2.75, 3.05) is 38.0 Å². The number of hydrogen-bond acceptors (Lipinski definition) is 5. The van der Waals surface area contributed by atoms with Crippen LogP contribution in [-0.4, -0.2) is 53.6 Å². The third kappa shape index (κ3) is 4.54. The lowest BCUT2D eigenvalue weighted by Crippen LogP contribution is -2.36. The Bertz CT molecular complexity index is 499. The van der Waals surface area contributed by atoms with Crippen LogP contribution in [0.3, 0.4) is 0 Å². The molecule has 0 radical (unpaired) electrons. The Labute approximate surface area is 133 Å². The van der Waals surface area contributed by atoms with Gasteiger partial charge in [0, 0.05) is 38.1 Å². The number of nitrogens with one attached hydrogen (secondary N) is 2. The molecule has 1 aromatic rings. The maximum Gasteiger partial charge on any atom is 0.419 e. The van der Waals surface area contributed by atoms with Crippen LogP contribution in [0.4, 0.5) is 19.1 Å². The first-order valence-electron chi connectivity index (χ1n) is 8.09. The van der Waals surface area contributed by atoms with E-state index in [1.165, 1.54) is 12.8 Å². The van der Waals surface area contributed by atoms with Crippen molar-refractivity contribution in [1.29, 1.82) is 0 Å². The van der Waals surface area contributed by atoms with Crippen LogP contribution in [0.25, 0.3) is 0 Å². The smallest absolute Gasteiger partial charge is 0.350 e. The van der Waals surface area contributed by atoms with Gasteiger partial charge in [0.05, 0.1) is 5.56 Å². The molecule has 5 nitrogen and oxygen atoms in total. The normalized spacial score (nSPS) is 24.0. The summed E-state index contributed by atoms with van der Waals surface area (Å²) in [5.74, 6) is 1.02. The fraction of sp³-hybridized carbons (Fsp3) is 0.733. The van der Waals surface area contributed by atoms with E-state index in [0.29, 0.717) is 0 Å². The lowest BCUT2D eigenvalue weighted by atomic mass is 9.98. The van der Waals surface area contributed by atoms with Crippen LogP contribution < -0.4 is 10.6 Å². The van der Waals surface area contributed by atoms with Gasteiger partial charge in [-0.15, -0.1) is 0 Å². The minimum Gasteiger partial charge on any atom is -0.350 e. The number of aromatic nitrogens is 2. The molecule has 0 unspecified atom stereocenters. The Morgan fingerprint density at radius 2 is 1.87 bits per heavy atom. The monoisotopic (exact) mass is 329 g/mol. The molecular weight excluding hydrogens is 307 g/mol. The Morgan fingerprint density at radius 3 is 2.52 bits per heavy atom. The van der Waals surface area contributed by atoms with Gasteiger partial charge in [-0.3, -0.25) is 0 Å². The summed E-state index contributed by atoms with van der Waals surface area (Å²) in [6, 6.07) is 0.202. The van der Waals surface area contributed by atoms with E-state index in [2.05, 4.69) is 25.5 Å². The van der Waals surface area contributed by atoms with Gasteiger partial charge in [0.1, 0.15) is 0 Å². The van der Waals surface area contributed by atoms with Gasteiger partial charge < -0.3 is 15.5 Å². The summed E-state index contributed by atoms with van der Waals surface area (Å²) in [6.07, 6.45) is 0.675. The number of nitrogens with zero attached hydrogens (tertiary/aromatic N) is 3. The zero-order valence-corrected chi connectivity index (χ0v) is 12.9. The van der Waals surface area contributed by atoms with Gasteiger partial charge >= 0.3 is 6.18 Å². The van der Waals surface area contributed by atoms with Gasteiger partial charge in [0.2, 0.25) is 5.95 Å². The van der Waals surface area contributed by atoms with Crippen molar-refractivity contribution >= 4 is 5.95 Å². The quantitative estimate of drug-likeness (QED) is 0.885. The molecule has 3 heterocycles. The molecule has 2 aliphatic rings. The minimum absolute atomic E-state index is 0.202. The second-order valence-electron chi connectivity index (χ2n) is 6.38. The highest BCUT2D eigenvalue weighted by Crippen LogP contribution is 2.28. The Balaban J connectivity index is 1.47. The predicted octanol–water partition coefficient (Wildman–Crippen LogP) is 1.98. The predicted molar refractivity (Wildman–Crippen MR) is 81.1 cm³/mol. The van der Waals surface area contributed by atoms with Crippen molar-refractivity contribution in [3.05, 3.63) is 18.0 Å². The molecule has 0 spiro atoms. The second kappa shape index (κ2) is 7.00. The highest BCUT2D eigenvalue weighted by Gasteiger charge is 2.31. The molecule has 1 atom stereocenters. The van der Waals surface area contributed by atoms with E-state index >= 15 is 0 Å². The molecule has 3 rings (SSSR count). The van der Waals surface area contributed by atoms with Gasteiger partial charge in [-0.2, -0.15) is 13.2 Å². The standard InChI is InChI=1S/C15H22F3N5/c16-15(17,18)12-7-20-14(21-8-12)22-13-3-6-23(10-13)9-11-1-4-19-5-2-11/h7-8,11,13,19H,1-6,9-10H2,(H,20,21,22)/t13-/m1/s1. The van der Waals surface area contributed by atoms with Gasteiger partial charge in [0.15, 0.2) is 0 Å². The molecule has 1 aromatic heterocycles. The van der Waals surface area contributed by atoms with Crippen LogP contribution in [-0.2, 0) is 6.18 Å². The number of hydrogen-bond donors (Lipinski definition) is 2. The van der Waals surface area contributed by atoms with E-state index < -0.39 is 11.7 Å². The number of rotatable bonds is 4. The van der Waals surface area contributed by atoms with Gasteiger partial charge in [-0.25, -0.2) is 9.97 Å². The van der Waals surface area contributed by atoms with E-state index in [-0.39, 0.29) is 12.0 Å². The molecule has 23 heavy (non-hydrogen) atoms. The molecule has 0 amide bonds.